The summed E-state index contributed by atoms with van der Waals surface area (Å²) < 4.78 is 15.9. The van der Waals surface area contributed by atoms with E-state index in [1.54, 1.807) is 59.6 Å². The number of halogens is 1. The molecule has 4 aromatic rings. The van der Waals surface area contributed by atoms with Crippen molar-refractivity contribution < 1.29 is 9.28 Å². The molecule has 9 heteroatoms. The minimum Gasteiger partial charge on any atom is -0.337 e. The monoisotopic (exact) mass is 418 g/mol. The van der Waals surface area contributed by atoms with E-state index in [1.165, 1.54) is 10.7 Å². The Labute approximate surface area is 176 Å². The minimum absolute atomic E-state index is 0.0285. The van der Waals surface area contributed by atoms with Crippen LogP contribution >= 0.6 is 0 Å². The molecule has 5 rings (SSSR count). The largest absolute Gasteiger partial charge is 0.337 e. The van der Waals surface area contributed by atoms with E-state index in [2.05, 4.69) is 10.3 Å². The number of para-hydroxylation sites is 1. The molecule has 2 aromatic heterocycles. The summed E-state index contributed by atoms with van der Waals surface area (Å²) in [6.45, 7) is 1.22. The molecule has 0 bridgehead atoms. The fraction of sp³-hybridized carbons (Fsp3) is 0.182. The molecular formula is C22H19FN6O2. The van der Waals surface area contributed by atoms with Gasteiger partial charge in [-0.1, -0.05) is 27.9 Å². The molecule has 2 aromatic carbocycles. The molecule has 31 heavy (non-hydrogen) atoms. The minimum atomic E-state index is -0.796. The van der Waals surface area contributed by atoms with Gasteiger partial charge in [0.15, 0.2) is 0 Å². The molecule has 1 aliphatic heterocycles. The molecule has 1 amide bonds. The molecule has 3 heterocycles. The molecule has 1 aliphatic rings. The van der Waals surface area contributed by atoms with Crippen LogP contribution in [0.1, 0.15) is 16.8 Å². The van der Waals surface area contributed by atoms with Crippen molar-refractivity contribution in [1.29, 1.82) is 0 Å². The molecule has 2 N–H and O–H groups in total. The van der Waals surface area contributed by atoms with Crippen molar-refractivity contribution in [1.82, 2.24) is 24.7 Å². The van der Waals surface area contributed by atoms with Crippen LogP contribution in [0.5, 0.6) is 0 Å². The second-order valence-corrected chi connectivity index (χ2v) is 7.60. The lowest BCUT2D eigenvalue weighted by Crippen LogP contribution is -2.31. The van der Waals surface area contributed by atoms with Crippen LogP contribution in [0.4, 0.5) is 4.48 Å². The van der Waals surface area contributed by atoms with Crippen LogP contribution in [0.15, 0.2) is 65.6 Å². The number of carbonyl (C=O) groups is 1. The first-order chi connectivity index (χ1) is 15.0. The van der Waals surface area contributed by atoms with Gasteiger partial charge in [-0.15, -0.1) is 9.89 Å². The van der Waals surface area contributed by atoms with Crippen LogP contribution in [0, 0.1) is 0 Å². The maximum atomic E-state index is 14.5. The summed E-state index contributed by atoms with van der Waals surface area (Å²) in [4.78, 5) is 26.9. The zero-order chi connectivity index (χ0) is 21.5. The third-order valence-electron chi connectivity index (χ3n) is 5.52. The van der Waals surface area contributed by atoms with Crippen LogP contribution in [0.2, 0.25) is 0 Å². The van der Waals surface area contributed by atoms with Crippen LogP contribution in [-0.4, -0.2) is 49.7 Å². The highest BCUT2D eigenvalue weighted by atomic mass is 19.2. The van der Waals surface area contributed by atoms with E-state index in [0.29, 0.717) is 29.7 Å². The Kier molecular flexibility index (Phi) is 4.59. The molecule has 0 aliphatic carbocycles. The number of nitrogens with two attached hydrogens (primary N) is 1. The summed E-state index contributed by atoms with van der Waals surface area (Å²) in [6, 6.07) is 15.3. The first-order valence-corrected chi connectivity index (χ1v) is 9.90. The van der Waals surface area contributed by atoms with E-state index in [-0.39, 0.29) is 33.5 Å². The summed E-state index contributed by atoms with van der Waals surface area (Å²) in [7, 11) is 0. The van der Waals surface area contributed by atoms with E-state index in [1.807, 2.05) is 0 Å². The number of hydrogen-bond acceptors (Lipinski definition) is 5. The SMILES string of the molecule is N[C@@H]1CCN(C(=O)c2ccc(-n3cc(-c4cc5ccccc5n(F)c4=O)nn3)cc2)C1. The van der Waals surface area contributed by atoms with Gasteiger partial charge in [-0.05, 0) is 42.8 Å². The number of likely N-dealkylation sites (tertiary alicyclic amines) is 1. The fourth-order valence-electron chi connectivity index (χ4n) is 3.83. The highest BCUT2D eigenvalue weighted by Crippen LogP contribution is 2.21. The Morgan fingerprint density at radius 2 is 1.90 bits per heavy atom. The lowest BCUT2D eigenvalue weighted by Gasteiger charge is -2.15. The zero-order valence-corrected chi connectivity index (χ0v) is 16.5. The van der Waals surface area contributed by atoms with Gasteiger partial charge in [0.2, 0.25) is 0 Å². The number of aromatic nitrogens is 4. The summed E-state index contributed by atoms with van der Waals surface area (Å²) >= 11 is 0. The summed E-state index contributed by atoms with van der Waals surface area (Å²) in [5.41, 5.74) is 6.88. The van der Waals surface area contributed by atoms with Crippen molar-refractivity contribution in [3.8, 4) is 16.9 Å². The molecule has 0 unspecified atom stereocenters. The van der Waals surface area contributed by atoms with Crippen LogP contribution in [0.25, 0.3) is 27.8 Å². The van der Waals surface area contributed by atoms with E-state index in [9.17, 15) is 14.1 Å². The highest BCUT2D eigenvalue weighted by molar-refractivity contribution is 5.94. The first-order valence-electron chi connectivity index (χ1n) is 9.90. The smallest absolute Gasteiger partial charge is 0.288 e. The Morgan fingerprint density at radius 3 is 2.65 bits per heavy atom. The number of fused-ring (bicyclic) bond motifs is 1. The van der Waals surface area contributed by atoms with Gasteiger partial charge in [0.05, 0.1) is 23.0 Å². The van der Waals surface area contributed by atoms with Gasteiger partial charge < -0.3 is 10.6 Å². The molecule has 0 radical (unpaired) electrons. The quantitative estimate of drug-likeness (QED) is 0.550. The molecular weight excluding hydrogens is 399 g/mol. The standard InChI is InChI=1S/C22H19FN6O2/c23-29-20-4-2-1-3-15(20)11-18(22(29)31)19-13-28(26-25-19)17-7-5-14(6-8-17)21(30)27-10-9-16(24)12-27/h1-8,11,13,16H,9-10,12,24H2/t16-/m1/s1. The van der Waals surface area contributed by atoms with E-state index in [0.717, 1.165) is 6.42 Å². The Morgan fingerprint density at radius 1 is 1.13 bits per heavy atom. The molecule has 8 nitrogen and oxygen atoms in total. The van der Waals surface area contributed by atoms with Crippen LogP contribution in [0.3, 0.4) is 0 Å². The van der Waals surface area contributed by atoms with Crippen molar-refractivity contribution in [3.63, 3.8) is 0 Å². The van der Waals surface area contributed by atoms with Gasteiger partial charge in [-0.25, -0.2) is 4.68 Å². The normalized spacial score (nSPS) is 16.2. The van der Waals surface area contributed by atoms with Gasteiger partial charge in [-0.2, -0.15) is 0 Å². The zero-order valence-electron chi connectivity index (χ0n) is 16.5. The third kappa shape index (κ3) is 3.38. The van der Waals surface area contributed by atoms with Crippen molar-refractivity contribution >= 4 is 16.8 Å². The van der Waals surface area contributed by atoms with Gasteiger partial charge >= 0.3 is 0 Å². The average molecular weight is 418 g/mol. The number of benzene rings is 2. The highest BCUT2D eigenvalue weighted by Gasteiger charge is 2.24. The van der Waals surface area contributed by atoms with E-state index >= 15 is 0 Å². The van der Waals surface area contributed by atoms with Crippen LogP contribution in [-0.2, 0) is 0 Å². The van der Waals surface area contributed by atoms with Gasteiger partial charge in [-0.3, -0.25) is 9.59 Å². The molecule has 0 saturated carbocycles. The average Bonchev–Trinajstić information content (AvgIpc) is 3.45. The summed E-state index contributed by atoms with van der Waals surface area (Å²) in [6.07, 6.45) is 2.36. The Hall–Kier alpha value is -3.85. The number of carbonyl (C=O) groups excluding carboxylic acids is 1. The molecule has 1 saturated heterocycles. The van der Waals surface area contributed by atoms with Crippen molar-refractivity contribution in [2.75, 3.05) is 13.1 Å². The first kappa shape index (κ1) is 19.1. The Balaban J connectivity index is 1.44. The van der Waals surface area contributed by atoms with Crippen molar-refractivity contribution in [2.45, 2.75) is 12.5 Å². The van der Waals surface area contributed by atoms with E-state index in [4.69, 9.17) is 5.73 Å². The predicted molar refractivity (Wildman–Crippen MR) is 114 cm³/mol. The second kappa shape index (κ2) is 7.44. The van der Waals surface area contributed by atoms with Crippen molar-refractivity contribution in [3.05, 3.63) is 76.7 Å². The maximum absolute atomic E-state index is 14.5. The number of hydrogen-bond donors (Lipinski definition) is 1. The lowest BCUT2D eigenvalue weighted by molar-refractivity contribution is 0.0791. The lowest BCUT2D eigenvalue weighted by atomic mass is 10.1. The molecule has 0 spiro atoms. The van der Waals surface area contributed by atoms with Gasteiger partial charge in [0.1, 0.15) is 5.69 Å². The molecule has 1 atom stereocenters. The van der Waals surface area contributed by atoms with Gasteiger partial charge in [0.25, 0.3) is 11.5 Å². The molecule has 156 valence electrons. The third-order valence-corrected chi connectivity index (χ3v) is 5.52. The number of rotatable bonds is 3. The molecule has 1 fully saturated rings. The number of amides is 1. The maximum Gasteiger partial charge on any atom is 0.288 e. The summed E-state index contributed by atoms with van der Waals surface area (Å²) in [5, 5.41) is 8.69. The fourth-order valence-corrected chi connectivity index (χ4v) is 3.83. The Bertz CT molecular complexity index is 1340. The second-order valence-electron chi connectivity index (χ2n) is 7.60. The number of nitrogens with zero attached hydrogens (tertiary/aromatic N) is 5. The van der Waals surface area contributed by atoms with Crippen molar-refractivity contribution in [2.24, 2.45) is 5.73 Å². The number of pyridine rings is 1. The predicted octanol–water partition coefficient (Wildman–Crippen LogP) is 2.15. The summed E-state index contributed by atoms with van der Waals surface area (Å²) in [5.74, 6) is -0.0570. The van der Waals surface area contributed by atoms with E-state index < -0.39 is 5.56 Å². The van der Waals surface area contributed by atoms with Crippen LogP contribution < -0.4 is 11.3 Å². The van der Waals surface area contributed by atoms with Gasteiger partial charge in [0, 0.05) is 30.1 Å². The topological polar surface area (TPSA) is 99.0 Å².